The zero-order chi connectivity index (χ0) is 21.8. The standard InChI is InChI=1S/C24H21FN4O2/c1-31-21-13-17(15-7-9-18(25)10-8-15)12-19-20(5-2-6-22(26)30)28-24(29-23(19)21)16-4-3-11-27-14-16/h3-4,7-14H,2,5-6H2,1H3,(H2,26,30). The van der Waals surface area contributed by atoms with Gasteiger partial charge in [-0.15, -0.1) is 0 Å². The lowest BCUT2D eigenvalue weighted by Gasteiger charge is -2.14. The van der Waals surface area contributed by atoms with Crippen LogP contribution in [0.2, 0.25) is 0 Å². The van der Waals surface area contributed by atoms with Gasteiger partial charge in [-0.3, -0.25) is 9.78 Å². The molecule has 4 rings (SSSR count). The number of aryl methyl sites for hydroxylation is 1. The fraction of sp³-hybridized carbons (Fsp3) is 0.167. The van der Waals surface area contributed by atoms with E-state index in [0.717, 1.165) is 27.8 Å². The molecule has 6 nitrogen and oxygen atoms in total. The lowest BCUT2D eigenvalue weighted by molar-refractivity contribution is -0.118. The van der Waals surface area contributed by atoms with Gasteiger partial charge in [-0.1, -0.05) is 12.1 Å². The van der Waals surface area contributed by atoms with E-state index in [1.54, 1.807) is 31.6 Å². The second-order valence-corrected chi connectivity index (χ2v) is 7.14. The number of nitrogens with two attached hydrogens (primary N) is 1. The van der Waals surface area contributed by atoms with E-state index in [0.29, 0.717) is 29.9 Å². The highest BCUT2D eigenvalue weighted by Gasteiger charge is 2.16. The minimum atomic E-state index is -0.351. The molecule has 0 radical (unpaired) electrons. The third kappa shape index (κ3) is 4.50. The van der Waals surface area contributed by atoms with Crippen molar-refractivity contribution in [1.82, 2.24) is 15.0 Å². The van der Waals surface area contributed by atoms with Crippen LogP contribution in [0.4, 0.5) is 4.39 Å². The summed E-state index contributed by atoms with van der Waals surface area (Å²) in [7, 11) is 1.59. The first-order valence-corrected chi connectivity index (χ1v) is 9.88. The van der Waals surface area contributed by atoms with Crippen molar-refractivity contribution in [2.75, 3.05) is 7.11 Å². The van der Waals surface area contributed by atoms with E-state index in [-0.39, 0.29) is 18.1 Å². The van der Waals surface area contributed by atoms with Crippen LogP contribution in [0.3, 0.4) is 0 Å². The molecule has 0 saturated heterocycles. The number of halogens is 1. The first-order chi connectivity index (χ1) is 15.0. The topological polar surface area (TPSA) is 91.0 Å². The number of nitrogens with zero attached hydrogens (tertiary/aromatic N) is 3. The van der Waals surface area contributed by atoms with Gasteiger partial charge < -0.3 is 10.5 Å². The van der Waals surface area contributed by atoms with E-state index in [4.69, 9.17) is 20.4 Å². The van der Waals surface area contributed by atoms with E-state index in [1.165, 1.54) is 12.1 Å². The van der Waals surface area contributed by atoms with Gasteiger partial charge in [-0.25, -0.2) is 14.4 Å². The molecule has 2 aromatic carbocycles. The molecule has 2 heterocycles. The third-order valence-corrected chi connectivity index (χ3v) is 5.00. The van der Waals surface area contributed by atoms with Crippen LogP contribution >= 0.6 is 0 Å². The lowest BCUT2D eigenvalue weighted by Crippen LogP contribution is -2.10. The molecule has 7 heteroatoms. The molecular weight excluding hydrogens is 395 g/mol. The van der Waals surface area contributed by atoms with Gasteiger partial charge in [0.1, 0.15) is 17.1 Å². The van der Waals surface area contributed by atoms with Crippen LogP contribution in [0.25, 0.3) is 33.4 Å². The van der Waals surface area contributed by atoms with Gasteiger partial charge in [0.2, 0.25) is 5.91 Å². The monoisotopic (exact) mass is 416 g/mol. The van der Waals surface area contributed by atoms with E-state index < -0.39 is 0 Å². The number of rotatable bonds is 7. The van der Waals surface area contributed by atoms with Crippen LogP contribution in [-0.2, 0) is 11.2 Å². The summed E-state index contributed by atoms with van der Waals surface area (Å²) in [4.78, 5) is 24.9. The fourth-order valence-corrected chi connectivity index (χ4v) is 3.47. The van der Waals surface area contributed by atoms with Crippen molar-refractivity contribution in [3.05, 3.63) is 72.4 Å². The third-order valence-electron chi connectivity index (χ3n) is 5.00. The Balaban J connectivity index is 1.90. The highest BCUT2D eigenvalue weighted by molar-refractivity contribution is 5.92. The highest BCUT2D eigenvalue weighted by Crippen LogP contribution is 2.34. The Labute approximate surface area is 178 Å². The molecule has 0 aliphatic rings. The van der Waals surface area contributed by atoms with Crippen molar-refractivity contribution in [1.29, 1.82) is 0 Å². The number of benzene rings is 2. The van der Waals surface area contributed by atoms with Crippen molar-refractivity contribution in [2.24, 2.45) is 5.73 Å². The van der Waals surface area contributed by atoms with Crippen LogP contribution in [0, 0.1) is 5.82 Å². The van der Waals surface area contributed by atoms with E-state index >= 15 is 0 Å². The Morgan fingerprint density at radius 1 is 1.06 bits per heavy atom. The number of methoxy groups -OCH3 is 1. The molecule has 2 aromatic heterocycles. The maximum absolute atomic E-state index is 13.4. The number of carbonyl (C=O) groups is 1. The van der Waals surface area contributed by atoms with Gasteiger partial charge in [0.05, 0.1) is 12.8 Å². The maximum Gasteiger partial charge on any atom is 0.217 e. The summed E-state index contributed by atoms with van der Waals surface area (Å²) < 4.78 is 19.0. The van der Waals surface area contributed by atoms with E-state index in [1.807, 2.05) is 24.3 Å². The first kappa shape index (κ1) is 20.4. The van der Waals surface area contributed by atoms with Crippen molar-refractivity contribution in [3.8, 4) is 28.3 Å². The summed E-state index contributed by atoms with van der Waals surface area (Å²) in [5.41, 5.74) is 9.26. The Bertz CT molecular complexity index is 1230. The molecule has 156 valence electrons. The molecule has 4 aromatic rings. The molecule has 0 aliphatic heterocycles. The van der Waals surface area contributed by atoms with E-state index in [9.17, 15) is 9.18 Å². The van der Waals surface area contributed by atoms with Gasteiger partial charge >= 0.3 is 0 Å². The summed E-state index contributed by atoms with van der Waals surface area (Å²) in [5, 5.41) is 0.816. The molecule has 0 saturated carbocycles. The number of hydrogen-bond donors (Lipinski definition) is 1. The highest BCUT2D eigenvalue weighted by atomic mass is 19.1. The molecule has 0 aliphatic carbocycles. The zero-order valence-electron chi connectivity index (χ0n) is 17.0. The zero-order valence-corrected chi connectivity index (χ0v) is 17.0. The minimum Gasteiger partial charge on any atom is -0.494 e. The molecule has 0 unspecified atom stereocenters. The van der Waals surface area contributed by atoms with Crippen molar-refractivity contribution >= 4 is 16.8 Å². The number of carbonyl (C=O) groups excluding carboxylic acids is 1. The molecule has 0 spiro atoms. The van der Waals surface area contributed by atoms with Crippen LogP contribution in [-0.4, -0.2) is 28.0 Å². The number of fused-ring (bicyclic) bond motifs is 1. The Morgan fingerprint density at radius 3 is 2.55 bits per heavy atom. The average molecular weight is 416 g/mol. The normalized spacial score (nSPS) is 10.9. The van der Waals surface area contributed by atoms with Crippen molar-refractivity contribution in [3.63, 3.8) is 0 Å². The number of aromatic nitrogens is 3. The molecular formula is C24H21FN4O2. The molecule has 0 bridgehead atoms. The molecule has 2 N–H and O–H groups in total. The predicted molar refractivity (Wildman–Crippen MR) is 117 cm³/mol. The van der Waals surface area contributed by atoms with Crippen LogP contribution < -0.4 is 10.5 Å². The Hall–Kier alpha value is -3.87. The number of primary amides is 1. The Kier molecular flexibility index (Phi) is 5.84. The summed E-state index contributed by atoms with van der Waals surface area (Å²) >= 11 is 0. The maximum atomic E-state index is 13.4. The van der Waals surface area contributed by atoms with Gasteiger partial charge in [0, 0.05) is 29.8 Å². The quantitative estimate of drug-likeness (QED) is 0.485. The number of hydrogen-bond acceptors (Lipinski definition) is 5. The van der Waals surface area contributed by atoms with Crippen LogP contribution in [0.5, 0.6) is 5.75 Å². The number of amides is 1. The van der Waals surface area contributed by atoms with Gasteiger partial charge in [0.15, 0.2) is 5.82 Å². The Morgan fingerprint density at radius 2 is 1.87 bits per heavy atom. The van der Waals surface area contributed by atoms with Gasteiger partial charge in [0.25, 0.3) is 0 Å². The van der Waals surface area contributed by atoms with Crippen LogP contribution in [0.1, 0.15) is 18.5 Å². The smallest absolute Gasteiger partial charge is 0.217 e. The summed E-state index contributed by atoms with van der Waals surface area (Å²) in [6, 6.07) is 13.8. The van der Waals surface area contributed by atoms with Gasteiger partial charge in [-0.05, 0) is 60.4 Å². The second kappa shape index (κ2) is 8.87. The molecule has 31 heavy (non-hydrogen) atoms. The number of ether oxygens (including phenoxy) is 1. The average Bonchev–Trinajstić information content (AvgIpc) is 2.79. The van der Waals surface area contributed by atoms with Crippen LogP contribution in [0.15, 0.2) is 60.9 Å². The SMILES string of the molecule is COc1cc(-c2ccc(F)cc2)cc2c(CCCC(N)=O)nc(-c3cccnc3)nc12. The largest absolute Gasteiger partial charge is 0.494 e. The predicted octanol–water partition coefficient (Wildman–Crippen LogP) is 4.31. The lowest BCUT2D eigenvalue weighted by atomic mass is 10.00. The minimum absolute atomic E-state index is 0.266. The summed E-state index contributed by atoms with van der Waals surface area (Å²) in [5.74, 6) is 0.464. The van der Waals surface area contributed by atoms with Crippen molar-refractivity contribution < 1.29 is 13.9 Å². The van der Waals surface area contributed by atoms with E-state index in [2.05, 4.69) is 4.98 Å². The fourth-order valence-electron chi connectivity index (χ4n) is 3.47. The molecule has 0 atom stereocenters. The van der Waals surface area contributed by atoms with Crippen molar-refractivity contribution in [2.45, 2.75) is 19.3 Å². The molecule has 0 fully saturated rings. The summed E-state index contributed by atoms with van der Waals surface area (Å²) in [6.07, 6.45) is 4.77. The number of pyridine rings is 1. The van der Waals surface area contributed by atoms with Gasteiger partial charge in [-0.2, -0.15) is 0 Å². The first-order valence-electron chi connectivity index (χ1n) is 9.88. The second-order valence-electron chi connectivity index (χ2n) is 7.14. The summed E-state index contributed by atoms with van der Waals surface area (Å²) in [6.45, 7) is 0. The molecule has 1 amide bonds.